The summed E-state index contributed by atoms with van der Waals surface area (Å²) in [5.41, 5.74) is 8.99. The third-order valence-corrected chi connectivity index (χ3v) is 3.04. The third kappa shape index (κ3) is 1.79. The Balaban J connectivity index is 2.25. The van der Waals surface area contributed by atoms with Crippen molar-refractivity contribution in [2.75, 3.05) is 6.54 Å². The Morgan fingerprint density at radius 3 is 2.44 bits per heavy atom. The van der Waals surface area contributed by atoms with Crippen LogP contribution in [0.4, 0.5) is 0 Å². The summed E-state index contributed by atoms with van der Waals surface area (Å²) in [5.74, 6) is 0.988. The standard InChI is InChI=1S/C15H15N3/c16-10-11-18-14-9-5-4-8-13(14)17-15(18)12-6-2-1-3-7-12/h1-9H,10-11,16H2. The smallest absolute Gasteiger partial charge is 0.141 e. The first-order valence-corrected chi connectivity index (χ1v) is 6.11. The minimum absolute atomic E-state index is 0.611. The van der Waals surface area contributed by atoms with Gasteiger partial charge in [0.05, 0.1) is 11.0 Å². The van der Waals surface area contributed by atoms with E-state index < -0.39 is 0 Å². The predicted molar refractivity (Wildman–Crippen MR) is 74.2 cm³/mol. The number of imidazole rings is 1. The van der Waals surface area contributed by atoms with E-state index in [0.717, 1.165) is 29.0 Å². The highest BCUT2D eigenvalue weighted by molar-refractivity contribution is 5.80. The number of benzene rings is 2. The van der Waals surface area contributed by atoms with Gasteiger partial charge in [-0.2, -0.15) is 0 Å². The lowest BCUT2D eigenvalue weighted by Gasteiger charge is -2.07. The van der Waals surface area contributed by atoms with Gasteiger partial charge >= 0.3 is 0 Å². The van der Waals surface area contributed by atoms with E-state index in [4.69, 9.17) is 10.7 Å². The fraction of sp³-hybridized carbons (Fsp3) is 0.133. The van der Waals surface area contributed by atoms with Gasteiger partial charge in [0, 0.05) is 18.7 Å². The molecule has 3 heteroatoms. The summed E-state index contributed by atoms with van der Waals surface area (Å²) in [7, 11) is 0. The molecule has 0 bridgehead atoms. The molecule has 0 unspecified atom stereocenters. The second-order valence-electron chi connectivity index (χ2n) is 4.23. The minimum atomic E-state index is 0.611. The Bertz CT molecular complexity index is 656. The zero-order valence-electron chi connectivity index (χ0n) is 10.1. The highest BCUT2D eigenvalue weighted by atomic mass is 15.1. The lowest BCUT2D eigenvalue weighted by molar-refractivity contribution is 0.735. The van der Waals surface area contributed by atoms with Crippen molar-refractivity contribution >= 4 is 11.0 Å². The maximum atomic E-state index is 5.71. The van der Waals surface area contributed by atoms with Crippen molar-refractivity contribution < 1.29 is 0 Å². The molecule has 0 saturated carbocycles. The summed E-state index contributed by atoms with van der Waals surface area (Å²) >= 11 is 0. The van der Waals surface area contributed by atoms with Crippen LogP contribution in [0.15, 0.2) is 54.6 Å². The molecule has 2 aromatic carbocycles. The number of hydrogen-bond acceptors (Lipinski definition) is 2. The highest BCUT2D eigenvalue weighted by Gasteiger charge is 2.10. The van der Waals surface area contributed by atoms with Crippen LogP contribution >= 0.6 is 0 Å². The molecule has 3 aromatic rings. The molecule has 0 aliphatic carbocycles. The molecule has 1 heterocycles. The van der Waals surface area contributed by atoms with Gasteiger partial charge in [-0.15, -0.1) is 0 Å². The van der Waals surface area contributed by atoms with Gasteiger partial charge in [-0.1, -0.05) is 42.5 Å². The minimum Gasteiger partial charge on any atom is -0.329 e. The Morgan fingerprint density at radius 2 is 1.67 bits per heavy atom. The Morgan fingerprint density at radius 1 is 0.944 bits per heavy atom. The SMILES string of the molecule is NCCn1c(-c2ccccc2)nc2ccccc21. The number of nitrogens with zero attached hydrogens (tertiary/aromatic N) is 2. The molecule has 0 spiro atoms. The fourth-order valence-electron chi connectivity index (χ4n) is 2.24. The van der Waals surface area contributed by atoms with E-state index >= 15 is 0 Å². The van der Waals surface area contributed by atoms with Crippen molar-refractivity contribution in [3.05, 3.63) is 54.6 Å². The number of rotatable bonds is 3. The average molecular weight is 237 g/mol. The van der Waals surface area contributed by atoms with Crippen LogP contribution in [0.3, 0.4) is 0 Å². The molecule has 0 aliphatic heterocycles. The predicted octanol–water partition coefficient (Wildman–Crippen LogP) is 2.66. The Hall–Kier alpha value is -2.13. The summed E-state index contributed by atoms with van der Waals surface area (Å²) in [5, 5.41) is 0. The molecule has 0 fully saturated rings. The van der Waals surface area contributed by atoms with Crippen molar-refractivity contribution in [2.45, 2.75) is 6.54 Å². The second kappa shape index (κ2) is 4.63. The molecular formula is C15H15N3. The summed E-state index contributed by atoms with van der Waals surface area (Å²) in [6.45, 7) is 1.39. The zero-order valence-corrected chi connectivity index (χ0v) is 10.1. The van der Waals surface area contributed by atoms with E-state index in [2.05, 4.69) is 22.8 Å². The summed E-state index contributed by atoms with van der Waals surface area (Å²) in [6, 6.07) is 18.4. The van der Waals surface area contributed by atoms with Gasteiger partial charge in [-0.05, 0) is 12.1 Å². The summed E-state index contributed by atoms with van der Waals surface area (Å²) in [6.07, 6.45) is 0. The number of fused-ring (bicyclic) bond motifs is 1. The molecule has 0 aliphatic rings. The van der Waals surface area contributed by atoms with Crippen LogP contribution in [0.2, 0.25) is 0 Å². The second-order valence-corrected chi connectivity index (χ2v) is 4.23. The lowest BCUT2D eigenvalue weighted by atomic mass is 10.2. The van der Waals surface area contributed by atoms with Crippen molar-refractivity contribution in [1.82, 2.24) is 9.55 Å². The number of para-hydroxylation sites is 2. The molecule has 18 heavy (non-hydrogen) atoms. The van der Waals surface area contributed by atoms with Gasteiger partial charge in [-0.25, -0.2) is 4.98 Å². The molecule has 3 rings (SSSR count). The first-order chi connectivity index (χ1) is 8.90. The van der Waals surface area contributed by atoms with E-state index in [0.29, 0.717) is 6.54 Å². The van der Waals surface area contributed by atoms with Crippen molar-refractivity contribution in [3.8, 4) is 11.4 Å². The fourth-order valence-corrected chi connectivity index (χ4v) is 2.24. The van der Waals surface area contributed by atoms with Crippen LogP contribution in [-0.4, -0.2) is 16.1 Å². The maximum Gasteiger partial charge on any atom is 0.141 e. The average Bonchev–Trinajstić information content (AvgIpc) is 2.80. The van der Waals surface area contributed by atoms with Crippen LogP contribution < -0.4 is 5.73 Å². The van der Waals surface area contributed by atoms with E-state index in [9.17, 15) is 0 Å². The van der Waals surface area contributed by atoms with E-state index in [-0.39, 0.29) is 0 Å². The van der Waals surface area contributed by atoms with Crippen molar-refractivity contribution in [1.29, 1.82) is 0 Å². The Labute approximate surface area is 106 Å². The molecule has 2 N–H and O–H groups in total. The largest absolute Gasteiger partial charge is 0.329 e. The molecular weight excluding hydrogens is 222 g/mol. The van der Waals surface area contributed by atoms with E-state index in [1.807, 2.05) is 36.4 Å². The van der Waals surface area contributed by atoms with E-state index in [1.165, 1.54) is 0 Å². The quantitative estimate of drug-likeness (QED) is 0.761. The number of hydrogen-bond donors (Lipinski definition) is 1. The normalized spacial score (nSPS) is 10.9. The summed E-state index contributed by atoms with van der Waals surface area (Å²) in [4.78, 5) is 4.71. The van der Waals surface area contributed by atoms with Crippen LogP contribution in [0.25, 0.3) is 22.4 Å². The molecule has 90 valence electrons. The maximum absolute atomic E-state index is 5.71. The zero-order chi connectivity index (χ0) is 12.4. The van der Waals surface area contributed by atoms with Crippen LogP contribution in [0.5, 0.6) is 0 Å². The van der Waals surface area contributed by atoms with Crippen LogP contribution in [0.1, 0.15) is 0 Å². The van der Waals surface area contributed by atoms with Crippen LogP contribution in [-0.2, 0) is 6.54 Å². The topological polar surface area (TPSA) is 43.8 Å². The van der Waals surface area contributed by atoms with Gasteiger partial charge in [0.1, 0.15) is 5.82 Å². The monoisotopic (exact) mass is 237 g/mol. The van der Waals surface area contributed by atoms with Gasteiger partial charge in [0.15, 0.2) is 0 Å². The first kappa shape index (κ1) is 11.0. The molecule has 1 aromatic heterocycles. The van der Waals surface area contributed by atoms with Crippen LogP contribution in [0, 0.1) is 0 Å². The van der Waals surface area contributed by atoms with Gasteiger partial charge in [0.25, 0.3) is 0 Å². The number of aromatic nitrogens is 2. The Kier molecular flexibility index (Phi) is 2.82. The van der Waals surface area contributed by atoms with Crippen molar-refractivity contribution in [2.24, 2.45) is 5.73 Å². The highest BCUT2D eigenvalue weighted by Crippen LogP contribution is 2.24. The molecule has 0 amide bonds. The van der Waals surface area contributed by atoms with E-state index in [1.54, 1.807) is 0 Å². The van der Waals surface area contributed by atoms with Gasteiger partial charge < -0.3 is 10.3 Å². The molecule has 0 radical (unpaired) electrons. The van der Waals surface area contributed by atoms with Gasteiger partial charge in [-0.3, -0.25) is 0 Å². The molecule has 3 nitrogen and oxygen atoms in total. The third-order valence-electron chi connectivity index (χ3n) is 3.04. The molecule has 0 saturated heterocycles. The van der Waals surface area contributed by atoms with Crippen molar-refractivity contribution in [3.63, 3.8) is 0 Å². The van der Waals surface area contributed by atoms with Gasteiger partial charge in [0.2, 0.25) is 0 Å². The first-order valence-electron chi connectivity index (χ1n) is 6.11. The summed E-state index contributed by atoms with van der Waals surface area (Å²) < 4.78 is 2.19. The lowest BCUT2D eigenvalue weighted by Crippen LogP contribution is -2.10. The number of nitrogens with two attached hydrogens (primary N) is 1. The molecule has 0 atom stereocenters.